The number of rotatable bonds is 10. The highest BCUT2D eigenvalue weighted by atomic mass is 16.6. The number of nitro groups is 1. The lowest BCUT2D eigenvalue weighted by molar-refractivity contribution is -0.384. The van der Waals surface area contributed by atoms with Gasteiger partial charge in [-0.1, -0.05) is 46.0 Å². The molecule has 0 saturated carbocycles. The summed E-state index contributed by atoms with van der Waals surface area (Å²) in [4.78, 5) is 11.0. The monoisotopic (exact) mass is 296 g/mol. The summed E-state index contributed by atoms with van der Waals surface area (Å²) in [6.07, 6.45) is 7.34. The predicted octanol–water partition coefficient (Wildman–Crippen LogP) is 4.05. The quantitative estimate of drug-likeness (QED) is 0.401. The Morgan fingerprint density at radius 2 is 2.00 bits per heavy atom. The molecule has 0 radical (unpaired) electrons. The largest absolute Gasteiger partial charge is 0.362 e. The van der Waals surface area contributed by atoms with Crippen molar-refractivity contribution >= 4 is 11.5 Å². The lowest BCUT2D eigenvalue weighted by Gasteiger charge is -2.14. The van der Waals surface area contributed by atoms with Gasteiger partial charge in [-0.25, -0.2) is 4.68 Å². The Labute approximate surface area is 127 Å². The van der Waals surface area contributed by atoms with Crippen LogP contribution in [0.4, 0.5) is 11.5 Å². The number of unbranched alkanes of at least 4 members (excludes halogenated alkanes) is 3. The number of nitrogens with zero attached hydrogens (tertiary/aromatic N) is 3. The van der Waals surface area contributed by atoms with Gasteiger partial charge in [0, 0.05) is 13.1 Å². The average molecular weight is 296 g/mol. The molecule has 6 heteroatoms. The van der Waals surface area contributed by atoms with Crippen LogP contribution in [0.3, 0.4) is 0 Å². The van der Waals surface area contributed by atoms with E-state index in [9.17, 15) is 10.1 Å². The summed E-state index contributed by atoms with van der Waals surface area (Å²) in [5.74, 6) is 0.534. The Balaban J connectivity index is 2.75. The Kier molecular flexibility index (Phi) is 7.19. The topological polar surface area (TPSA) is 73.0 Å². The van der Waals surface area contributed by atoms with Gasteiger partial charge in [-0.3, -0.25) is 10.1 Å². The summed E-state index contributed by atoms with van der Waals surface area (Å²) in [5.41, 5.74) is 0.713. The fraction of sp³-hybridized carbons (Fsp3) is 0.800. The van der Waals surface area contributed by atoms with Gasteiger partial charge in [0.1, 0.15) is 5.69 Å². The van der Waals surface area contributed by atoms with E-state index >= 15 is 0 Å². The number of nitrogens with one attached hydrogen (secondary N) is 1. The van der Waals surface area contributed by atoms with Crippen molar-refractivity contribution in [2.75, 3.05) is 5.32 Å². The third-order valence-corrected chi connectivity index (χ3v) is 3.64. The Morgan fingerprint density at radius 3 is 2.57 bits per heavy atom. The van der Waals surface area contributed by atoms with Crippen LogP contribution < -0.4 is 5.32 Å². The maximum atomic E-state index is 11.3. The highest BCUT2D eigenvalue weighted by molar-refractivity contribution is 5.60. The molecule has 1 aromatic heterocycles. The number of hydrogen-bond acceptors (Lipinski definition) is 4. The first-order valence-electron chi connectivity index (χ1n) is 7.98. The maximum absolute atomic E-state index is 11.3. The standard InChI is InChI=1S/C15H28N4O2/c1-5-7-8-9-11-12(3)16-15-14(19(20)21)13(10-6-2)17-18(15)4/h12,16H,5-11H2,1-4H3. The first kappa shape index (κ1) is 17.5. The van der Waals surface area contributed by atoms with Crippen molar-refractivity contribution in [3.05, 3.63) is 15.8 Å². The van der Waals surface area contributed by atoms with Gasteiger partial charge in [0.15, 0.2) is 0 Å². The smallest absolute Gasteiger partial charge is 0.333 e. The zero-order chi connectivity index (χ0) is 15.8. The van der Waals surface area contributed by atoms with Gasteiger partial charge in [-0.15, -0.1) is 0 Å². The Morgan fingerprint density at radius 1 is 1.29 bits per heavy atom. The lowest BCUT2D eigenvalue weighted by Crippen LogP contribution is -2.18. The molecule has 1 N–H and O–H groups in total. The van der Waals surface area contributed by atoms with Gasteiger partial charge in [0.05, 0.1) is 4.92 Å². The maximum Gasteiger partial charge on any atom is 0.333 e. The average Bonchev–Trinajstić information content (AvgIpc) is 2.72. The molecule has 1 heterocycles. The molecule has 21 heavy (non-hydrogen) atoms. The van der Waals surface area contributed by atoms with Crippen molar-refractivity contribution in [1.29, 1.82) is 0 Å². The second-order valence-electron chi connectivity index (χ2n) is 5.67. The van der Waals surface area contributed by atoms with E-state index in [1.54, 1.807) is 11.7 Å². The molecular weight excluding hydrogens is 268 g/mol. The van der Waals surface area contributed by atoms with Gasteiger partial charge in [0.2, 0.25) is 5.82 Å². The molecular formula is C15H28N4O2. The van der Waals surface area contributed by atoms with Crippen LogP contribution in [0.15, 0.2) is 0 Å². The third-order valence-electron chi connectivity index (χ3n) is 3.64. The van der Waals surface area contributed by atoms with Crippen LogP contribution in [0.1, 0.15) is 65.0 Å². The minimum atomic E-state index is -0.315. The summed E-state index contributed by atoms with van der Waals surface area (Å²) in [6, 6.07) is 0.213. The van der Waals surface area contributed by atoms with Crippen LogP contribution in [-0.4, -0.2) is 20.7 Å². The van der Waals surface area contributed by atoms with Gasteiger partial charge < -0.3 is 5.32 Å². The molecule has 0 aromatic carbocycles. The third kappa shape index (κ3) is 5.02. The molecule has 0 spiro atoms. The SMILES string of the molecule is CCCCCCC(C)Nc1c([N+](=O)[O-])c(CCC)nn1C. The normalized spacial score (nSPS) is 12.4. The molecule has 1 unspecified atom stereocenters. The fourth-order valence-corrected chi connectivity index (χ4v) is 2.51. The zero-order valence-electron chi connectivity index (χ0n) is 13.7. The van der Waals surface area contributed by atoms with Crippen molar-refractivity contribution in [2.24, 2.45) is 7.05 Å². The van der Waals surface area contributed by atoms with E-state index in [0.29, 0.717) is 17.9 Å². The van der Waals surface area contributed by atoms with Gasteiger partial charge in [0.25, 0.3) is 0 Å². The fourth-order valence-electron chi connectivity index (χ4n) is 2.51. The van der Waals surface area contributed by atoms with Crippen LogP contribution in [0.25, 0.3) is 0 Å². The zero-order valence-corrected chi connectivity index (χ0v) is 13.7. The summed E-state index contributed by atoms with van der Waals surface area (Å²) in [7, 11) is 1.76. The van der Waals surface area contributed by atoms with Crippen molar-refractivity contribution in [3.8, 4) is 0 Å². The van der Waals surface area contributed by atoms with Crippen LogP contribution in [-0.2, 0) is 13.5 Å². The minimum absolute atomic E-state index is 0.139. The first-order chi connectivity index (χ1) is 10.0. The van der Waals surface area contributed by atoms with Gasteiger partial charge in [-0.05, 0) is 19.8 Å². The lowest BCUT2D eigenvalue weighted by atomic mass is 10.1. The van der Waals surface area contributed by atoms with E-state index in [1.165, 1.54) is 19.3 Å². The molecule has 1 atom stereocenters. The van der Waals surface area contributed by atoms with Crippen LogP contribution in [0.5, 0.6) is 0 Å². The molecule has 0 saturated heterocycles. The first-order valence-corrected chi connectivity index (χ1v) is 7.98. The highest BCUT2D eigenvalue weighted by Crippen LogP contribution is 2.29. The number of aromatic nitrogens is 2. The van der Waals surface area contributed by atoms with E-state index in [2.05, 4.69) is 24.3 Å². The van der Waals surface area contributed by atoms with E-state index in [4.69, 9.17) is 0 Å². The summed E-state index contributed by atoms with van der Waals surface area (Å²) >= 11 is 0. The van der Waals surface area contributed by atoms with Crippen molar-refractivity contribution in [3.63, 3.8) is 0 Å². The van der Waals surface area contributed by atoms with E-state index in [-0.39, 0.29) is 16.7 Å². The number of aryl methyl sites for hydroxylation is 2. The van der Waals surface area contributed by atoms with Crippen LogP contribution in [0.2, 0.25) is 0 Å². The summed E-state index contributed by atoms with van der Waals surface area (Å²) in [6.45, 7) is 6.26. The van der Waals surface area contributed by atoms with Crippen molar-refractivity contribution < 1.29 is 4.92 Å². The van der Waals surface area contributed by atoms with Crippen LogP contribution in [0, 0.1) is 10.1 Å². The molecule has 6 nitrogen and oxygen atoms in total. The summed E-state index contributed by atoms with van der Waals surface area (Å²) < 4.78 is 1.60. The molecule has 0 aliphatic carbocycles. The van der Waals surface area contributed by atoms with Gasteiger partial charge >= 0.3 is 5.69 Å². The molecule has 0 fully saturated rings. The second-order valence-corrected chi connectivity index (χ2v) is 5.67. The predicted molar refractivity (Wildman–Crippen MR) is 85.7 cm³/mol. The Bertz CT molecular complexity index is 457. The molecule has 0 aliphatic rings. The van der Waals surface area contributed by atoms with Crippen LogP contribution >= 0.6 is 0 Å². The molecule has 0 bridgehead atoms. The molecule has 1 aromatic rings. The second kappa shape index (κ2) is 8.64. The Hall–Kier alpha value is -1.59. The van der Waals surface area contributed by atoms with Crippen molar-refractivity contribution in [2.45, 2.75) is 71.8 Å². The molecule has 0 amide bonds. The van der Waals surface area contributed by atoms with E-state index < -0.39 is 0 Å². The van der Waals surface area contributed by atoms with Gasteiger partial charge in [-0.2, -0.15) is 5.10 Å². The molecule has 120 valence electrons. The molecule has 0 aliphatic heterocycles. The number of anilines is 1. The van der Waals surface area contributed by atoms with E-state index in [1.807, 2.05) is 6.92 Å². The van der Waals surface area contributed by atoms with Crippen molar-refractivity contribution in [1.82, 2.24) is 9.78 Å². The summed E-state index contributed by atoms with van der Waals surface area (Å²) in [5, 5.41) is 18.9. The minimum Gasteiger partial charge on any atom is -0.362 e. The highest BCUT2D eigenvalue weighted by Gasteiger charge is 2.26. The molecule has 1 rings (SSSR count). The number of hydrogen-bond donors (Lipinski definition) is 1. The van der Waals surface area contributed by atoms with E-state index in [0.717, 1.165) is 19.3 Å².